The summed E-state index contributed by atoms with van der Waals surface area (Å²) in [6.45, 7) is 0.526. The maximum Gasteiger partial charge on any atom is 0.260 e. The van der Waals surface area contributed by atoms with Crippen LogP contribution in [-0.2, 0) is 11.3 Å². The fourth-order valence-corrected chi connectivity index (χ4v) is 2.34. The molecule has 0 saturated carbocycles. The third-order valence-electron chi connectivity index (χ3n) is 3.64. The van der Waals surface area contributed by atoms with E-state index in [1.165, 1.54) is 0 Å². The topological polar surface area (TPSA) is 71.8 Å². The minimum atomic E-state index is -0.180. The summed E-state index contributed by atoms with van der Waals surface area (Å²) in [5, 5.41) is 9.02. The van der Waals surface area contributed by atoms with E-state index >= 15 is 0 Å². The zero-order valence-corrected chi connectivity index (χ0v) is 13.2. The first-order valence-corrected chi connectivity index (χ1v) is 7.42. The van der Waals surface area contributed by atoms with E-state index < -0.39 is 0 Å². The number of likely N-dealkylation sites (N-methyl/N-ethyl adjacent to an activating group) is 1. The van der Waals surface area contributed by atoms with E-state index in [1.807, 2.05) is 24.3 Å². The van der Waals surface area contributed by atoms with Gasteiger partial charge in [0.1, 0.15) is 11.8 Å². The van der Waals surface area contributed by atoms with Gasteiger partial charge in [0, 0.05) is 13.6 Å². The molecule has 0 aromatic heterocycles. The fraction of sp³-hybridized carbons (Fsp3) is 0.222. The molecule has 0 unspecified atom stereocenters. The van der Waals surface area contributed by atoms with Gasteiger partial charge < -0.3 is 19.1 Å². The van der Waals surface area contributed by atoms with Crippen molar-refractivity contribution in [3.8, 4) is 23.3 Å². The van der Waals surface area contributed by atoms with Crippen molar-refractivity contribution in [3.05, 3.63) is 53.6 Å². The summed E-state index contributed by atoms with van der Waals surface area (Å²) in [4.78, 5) is 13.8. The van der Waals surface area contributed by atoms with Gasteiger partial charge >= 0.3 is 0 Å². The van der Waals surface area contributed by atoms with Gasteiger partial charge in [0.25, 0.3) is 5.91 Å². The first kappa shape index (κ1) is 15.7. The average Bonchev–Trinajstić information content (AvgIpc) is 3.07. The Morgan fingerprint density at radius 1 is 1.25 bits per heavy atom. The van der Waals surface area contributed by atoms with Gasteiger partial charge in [-0.25, -0.2) is 0 Å². The number of nitrogens with zero attached hydrogens (tertiary/aromatic N) is 2. The molecule has 2 aromatic carbocycles. The molecule has 122 valence electrons. The molecule has 2 aromatic rings. The summed E-state index contributed by atoms with van der Waals surface area (Å²) in [7, 11) is 1.70. The van der Waals surface area contributed by atoms with Crippen molar-refractivity contribution >= 4 is 5.91 Å². The summed E-state index contributed by atoms with van der Waals surface area (Å²) < 4.78 is 16.1. The van der Waals surface area contributed by atoms with Crippen LogP contribution in [0.4, 0.5) is 0 Å². The van der Waals surface area contributed by atoms with Gasteiger partial charge in [-0.15, -0.1) is 0 Å². The molecule has 1 amide bonds. The van der Waals surface area contributed by atoms with Gasteiger partial charge in [-0.2, -0.15) is 5.26 Å². The van der Waals surface area contributed by atoms with E-state index in [0.29, 0.717) is 29.4 Å². The lowest BCUT2D eigenvalue weighted by Crippen LogP contribution is -2.31. The third-order valence-corrected chi connectivity index (χ3v) is 3.64. The number of para-hydroxylation sites is 1. The summed E-state index contributed by atoms with van der Waals surface area (Å²) in [6, 6.07) is 14.4. The third kappa shape index (κ3) is 3.41. The van der Waals surface area contributed by atoms with E-state index in [1.54, 1.807) is 36.2 Å². The first-order valence-electron chi connectivity index (χ1n) is 7.42. The monoisotopic (exact) mass is 324 g/mol. The number of amides is 1. The second-order valence-corrected chi connectivity index (χ2v) is 5.33. The average molecular weight is 324 g/mol. The van der Waals surface area contributed by atoms with Crippen LogP contribution in [0.15, 0.2) is 42.5 Å². The minimum absolute atomic E-state index is 0.125. The number of hydrogen-bond donors (Lipinski definition) is 0. The molecule has 0 bridgehead atoms. The number of fused-ring (bicyclic) bond motifs is 1. The summed E-state index contributed by atoms with van der Waals surface area (Å²) in [6.07, 6.45) is 0. The number of carbonyl (C=O) groups excluding carboxylic acids is 1. The largest absolute Gasteiger partial charge is 0.482 e. The molecular weight excluding hydrogens is 308 g/mol. The molecule has 24 heavy (non-hydrogen) atoms. The fourth-order valence-electron chi connectivity index (χ4n) is 2.34. The van der Waals surface area contributed by atoms with Crippen molar-refractivity contribution in [2.24, 2.45) is 0 Å². The Kier molecular flexibility index (Phi) is 4.52. The van der Waals surface area contributed by atoms with Gasteiger partial charge in [0.05, 0.1) is 5.56 Å². The van der Waals surface area contributed by atoms with E-state index in [9.17, 15) is 4.79 Å². The molecule has 3 rings (SSSR count). The molecule has 1 heterocycles. The number of rotatable bonds is 5. The zero-order valence-electron chi connectivity index (χ0n) is 13.2. The predicted octanol–water partition coefficient (Wildman–Crippen LogP) is 2.32. The zero-order chi connectivity index (χ0) is 16.9. The van der Waals surface area contributed by atoms with Gasteiger partial charge in [-0.3, -0.25) is 4.79 Å². The van der Waals surface area contributed by atoms with Crippen molar-refractivity contribution in [1.82, 2.24) is 4.90 Å². The molecule has 0 fully saturated rings. The highest BCUT2D eigenvalue weighted by Gasteiger charge is 2.16. The highest BCUT2D eigenvalue weighted by Crippen LogP contribution is 2.32. The van der Waals surface area contributed by atoms with Crippen LogP contribution in [0.2, 0.25) is 0 Å². The van der Waals surface area contributed by atoms with Gasteiger partial charge in [-0.1, -0.05) is 18.2 Å². The van der Waals surface area contributed by atoms with Crippen molar-refractivity contribution in [3.63, 3.8) is 0 Å². The van der Waals surface area contributed by atoms with Gasteiger partial charge in [0.15, 0.2) is 18.1 Å². The maximum atomic E-state index is 12.2. The van der Waals surface area contributed by atoms with Crippen molar-refractivity contribution in [2.45, 2.75) is 6.54 Å². The lowest BCUT2D eigenvalue weighted by Gasteiger charge is -2.18. The lowest BCUT2D eigenvalue weighted by atomic mass is 10.2. The second-order valence-electron chi connectivity index (χ2n) is 5.33. The Hall–Kier alpha value is -3.20. The van der Waals surface area contributed by atoms with Crippen molar-refractivity contribution in [2.75, 3.05) is 20.4 Å². The Balaban J connectivity index is 1.58. The van der Waals surface area contributed by atoms with E-state index in [4.69, 9.17) is 19.5 Å². The van der Waals surface area contributed by atoms with Crippen LogP contribution in [0.3, 0.4) is 0 Å². The van der Waals surface area contributed by atoms with Crippen LogP contribution in [0.5, 0.6) is 17.2 Å². The second kappa shape index (κ2) is 6.92. The van der Waals surface area contributed by atoms with Crippen LogP contribution in [-0.4, -0.2) is 31.3 Å². The Bertz CT molecular complexity index is 798. The summed E-state index contributed by atoms with van der Waals surface area (Å²) >= 11 is 0. The van der Waals surface area contributed by atoms with Crippen molar-refractivity contribution in [1.29, 1.82) is 5.26 Å². The Labute approximate surface area is 139 Å². The molecule has 6 nitrogen and oxygen atoms in total. The molecule has 0 atom stereocenters. The SMILES string of the molecule is CN(Cc1ccc2c(c1)OCO2)C(=O)COc1ccccc1C#N. The Morgan fingerprint density at radius 3 is 2.88 bits per heavy atom. The van der Waals surface area contributed by atoms with Crippen LogP contribution < -0.4 is 14.2 Å². The molecule has 1 aliphatic heterocycles. The van der Waals surface area contributed by atoms with Crippen LogP contribution in [0.1, 0.15) is 11.1 Å². The van der Waals surface area contributed by atoms with Gasteiger partial charge in [0.2, 0.25) is 6.79 Å². The lowest BCUT2D eigenvalue weighted by molar-refractivity contribution is -0.132. The number of carbonyl (C=O) groups is 1. The van der Waals surface area contributed by atoms with E-state index in [-0.39, 0.29) is 19.3 Å². The number of hydrogen-bond acceptors (Lipinski definition) is 5. The normalized spacial score (nSPS) is 11.7. The highest BCUT2D eigenvalue weighted by molar-refractivity contribution is 5.77. The highest BCUT2D eigenvalue weighted by atomic mass is 16.7. The standard InChI is InChI=1S/C18H16N2O4/c1-20(10-13-6-7-16-17(8-13)24-12-23-16)18(21)11-22-15-5-3-2-4-14(15)9-19/h2-8H,10-12H2,1H3. The molecule has 0 spiro atoms. The van der Waals surface area contributed by atoms with Crippen LogP contribution in [0.25, 0.3) is 0 Å². The molecule has 6 heteroatoms. The Morgan fingerprint density at radius 2 is 2.04 bits per heavy atom. The predicted molar refractivity (Wildman–Crippen MR) is 85.7 cm³/mol. The quantitative estimate of drug-likeness (QED) is 0.844. The summed E-state index contributed by atoms with van der Waals surface area (Å²) in [5.74, 6) is 1.63. The molecule has 0 aliphatic carbocycles. The van der Waals surface area contributed by atoms with Crippen LogP contribution >= 0.6 is 0 Å². The first-order chi connectivity index (χ1) is 11.7. The number of benzene rings is 2. The van der Waals surface area contributed by atoms with Crippen molar-refractivity contribution < 1.29 is 19.0 Å². The molecular formula is C18H16N2O4. The molecule has 0 N–H and O–H groups in total. The van der Waals surface area contributed by atoms with Gasteiger partial charge in [-0.05, 0) is 29.8 Å². The van der Waals surface area contributed by atoms with E-state index in [0.717, 1.165) is 5.56 Å². The molecule has 1 aliphatic rings. The van der Waals surface area contributed by atoms with E-state index in [2.05, 4.69) is 0 Å². The minimum Gasteiger partial charge on any atom is -0.482 e. The number of nitriles is 1. The smallest absolute Gasteiger partial charge is 0.260 e. The summed E-state index contributed by atoms with van der Waals surface area (Å²) in [5.41, 5.74) is 1.34. The molecule has 0 saturated heterocycles. The number of ether oxygens (including phenoxy) is 3. The molecule has 0 radical (unpaired) electrons. The maximum absolute atomic E-state index is 12.2. The van der Waals surface area contributed by atoms with Crippen LogP contribution in [0, 0.1) is 11.3 Å².